The quantitative estimate of drug-likeness (QED) is 0.255. The first-order chi connectivity index (χ1) is 17.6. The lowest BCUT2D eigenvalue weighted by Crippen LogP contribution is -2.26. The molecule has 0 saturated heterocycles. The number of benzene rings is 4. The second kappa shape index (κ2) is 12.5. The fourth-order valence-electron chi connectivity index (χ4n) is 4.07. The highest BCUT2D eigenvalue weighted by atomic mass is 16.5. The summed E-state index contributed by atoms with van der Waals surface area (Å²) in [6.07, 6.45) is 1.57. The second-order valence-electron chi connectivity index (χ2n) is 8.37. The van der Waals surface area contributed by atoms with Gasteiger partial charge in [0.1, 0.15) is 12.4 Å². The summed E-state index contributed by atoms with van der Waals surface area (Å²) in [6.45, 7) is 2.56. The van der Waals surface area contributed by atoms with Crippen LogP contribution in [0, 0.1) is 0 Å². The van der Waals surface area contributed by atoms with Crippen LogP contribution in [0.15, 0.2) is 115 Å². The number of hydrogen-bond donors (Lipinski definition) is 1. The van der Waals surface area contributed by atoms with Crippen LogP contribution in [0.2, 0.25) is 0 Å². The van der Waals surface area contributed by atoms with Crippen molar-refractivity contribution in [3.63, 3.8) is 0 Å². The first kappa shape index (κ1) is 25.0. The number of rotatable bonds is 11. The molecule has 182 valence electrons. The minimum atomic E-state index is -0.951. The molecule has 0 spiro atoms. The lowest BCUT2D eigenvalue weighted by molar-refractivity contribution is -0.149. The van der Waals surface area contributed by atoms with E-state index in [2.05, 4.69) is 54.6 Å². The van der Waals surface area contributed by atoms with Gasteiger partial charge in [0.2, 0.25) is 0 Å². The van der Waals surface area contributed by atoms with Gasteiger partial charge >= 0.3 is 5.97 Å². The third kappa shape index (κ3) is 6.71. The van der Waals surface area contributed by atoms with Crippen molar-refractivity contribution in [1.82, 2.24) is 0 Å². The van der Waals surface area contributed by atoms with Gasteiger partial charge < -0.3 is 14.6 Å². The Balaban J connectivity index is 1.47. The number of ether oxygens (including phenoxy) is 2. The molecule has 0 heterocycles. The van der Waals surface area contributed by atoms with E-state index in [1.165, 1.54) is 11.1 Å². The molecule has 0 fully saturated rings. The van der Waals surface area contributed by atoms with E-state index in [-0.39, 0.29) is 0 Å². The van der Waals surface area contributed by atoms with Crippen LogP contribution < -0.4 is 4.74 Å². The average Bonchev–Trinajstić information content (AvgIpc) is 2.93. The maximum atomic E-state index is 11.3. The first-order valence-corrected chi connectivity index (χ1v) is 12.1. The highest BCUT2D eigenvalue weighted by molar-refractivity contribution is 5.81. The van der Waals surface area contributed by atoms with E-state index in [1.54, 1.807) is 6.92 Å². The molecule has 1 N–H and O–H groups in total. The monoisotopic (exact) mass is 478 g/mol. The molecule has 0 aliphatic carbocycles. The molecule has 0 radical (unpaired) electrons. The fraction of sp³-hybridized carbons (Fsp3) is 0.156. The van der Waals surface area contributed by atoms with Crippen LogP contribution in [0.1, 0.15) is 23.6 Å². The number of carboxylic acids is 1. The fourth-order valence-corrected chi connectivity index (χ4v) is 4.07. The number of carbonyl (C=O) groups is 1. The van der Waals surface area contributed by atoms with Crippen LogP contribution >= 0.6 is 0 Å². The van der Waals surface area contributed by atoms with Gasteiger partial charge in [-0.1, -0.05) is 97.1 Å². The lowest BCUT2D eigenvalue weighted by atomic mass is 9.95. The molecule has 0 unspecified atom stereocenters. The van der Waals surface area contributed by atoms with Gasteiger partial charge in [-0.05, 0) is 58.5 Å². The van der Waals surface area contributed by atoms with Crippen molar-refractivity contribution < 1.29 is 19.4 Å². The van der Waals surface area contributed by atoms with Crippen LogP contribution in [-0.4, -0.2) is 30.4 Å². The van der Waals surface area contributed by atoms with Crippen molar-refractivity contribution in [2.45, 2.75) is 19.4 Å². The summed E-state index contributed by atoms with van der Waals surface area (Å²) in [5.41, 5.74) is 6.61. The Labute approximate surface area is 212 Å². The minimum absolute atomic E-state index is 0.320. The van der Waals surface area contributed by atoms with Crippen LogP contribution in [0.25, 0.3) is 16.7 Å². The van der Waals surface area contributed by atoms with Crippen LogP contribution in [0.3, 0.4) is 0 Å². The van der Waals surface area contributed by atoms with E-state index in [9.17, 15) is 9.90 Å². The highest BCUT2D eigenvalue weighted by Gasteiger charge is 2.17. The van der Waals surface area contributed by atoms with Gasteiger partial charge in [-0.2, -0.15) is 0 Å². The van der Waals surface area contributed by atoms with E-state index in [1.807, 2.05) is 60.7 Å². The molecule has 4 rings (SSSR count). The molecule has 0 aliphatic heterocycles. The smallest absolute Gasteiger partial charge is 0.333 e. The van der Waals surface area contributed by atoms with E-state index < -0.39 is 12.1 Å². The number of aliphatic carboxylic acids is 1. The molecule has 0 aromatic heterocycles. The Morgan fingerprint density at radius 3 is 1.97 bits per heavy atom. The molecule has 0 saturated carbocycles. The molecule has 0 amide bonds. The van der Waals surface area contributed by atoms with Crippen LogP contribution in [0.5, 0.6) is 5.75 Å². The summed E-state index contributed by atoms with van der Waals surface area (Å²) >= 11 is 0. The van der Waals surface area contributed by atoms with Crippen molar-refractivity contribution in [2.75, 3.05) is 13.2 Å². The molecule has 4 aromatic carbocycles. The molecule has 4 heteroatoms. The Morgan fingerprint density at radius 2 is 1.36 bits per heavy atom. The normalized spacial score (nSPS) is 12.2. The zero-order valence-electron chi connectivity index (χ0n) is 20.3. The van der Waals surface area contributed by atoms with Crippen LogP contribution in [-0.2, 0) is 16.0 Å². The van der Waals surface area contributed by atoms with Crippen molar-refractivity contribution in [3.8, 4) is 16.9 Å². The van der Waals surface area contributed by atoms with Gasteiger partial charge in [-0.25, -0.2) is 4.79 Å². The van der Waals surface area contributed by atoms with E-state index in [0.29, 0.717) is 19.6 Å². The molecular formula is C32H30O4. The molecule has 1 atom stereocenters. The van der Waals surface area contributed by atoms with Gasteiger partial charge in [0.25, 0.3) is 0 Å². The second-order valence-corrected chi connectivity index (χ2v) is 8.37. The standard InChI is InChI=1S/C32H30O4/c1-2-35-31(32(33)34)23-24-13-19-29(20-14-24)36-22-21-30(27-11-7-4-8-12-27)28-17-15-26(16-18-28)25-9-5-3-6-10-25/h3-21,31H,2,22-23H2,1H3,(H,33,34)/b30-21+/t31-/m0/s1. The van der Waals surface area contributed by atoms with Crippen LogP contribution in [0.4, 0.5) is 0 Å². The molecule has 36 heavy (non-hydrogen) atoms. The summed E-state index contributed by atoms with van der Waals surface area (Å²) in [5, 5.41) is 9.29. The van der Waals surface area contributed by atoms with E-state index >= 15 is 0 Å². The van der Waals surface area contributed by atoms with Crippen molar-refractivity contribution in [3.05, 3.63) is 132 Å². The zero-order chi connectivity index (χ0) is 25.2. The minimum Gasteiger partial charge on any atom is -0.490 e. The van der Waals surface area contributed by atoms with Gasteiger partial charge in [0, 0.05) is 13.0 Å². The largest absolute Gasteiger partial charge is 0.490 e. The number of hydrogen-bond acceptors (Lipinski definition) is 3. The van der Waals surface area contributed by atoms with Crippen molar-refractivity contribution >= 4 is 11.5 Å². The molecule has 0 aliphatic rings. The van der Waals surface area contributed by atoms with E-state index in [4.69, 9.17) is 9.47 Å². The summed E-state index contributed by atoms with van der Waals surface area (Å²) in [5.74, 6) is -0.224. The third-order valence-corrected chi connectivity index (χ3v) is 5.91. The van der Waals surface area contributed by atoms with Gasteiger partial charge in [-0.3, -0.25) is 0 Å². The molecule has 4 nitrogen and oxygen atoms in total. The van der Waals surface area contributed by atoms with Crippen molar-refractivity contribution in [2.24, 2.45) is 0 Å². The maximum absolute atomic E-state index is 11.3. The predicted molar refractivity (Wildman–Crippen MR) is 144 cm³/mol. The Morgan fingerprint density at radius 1 is 0.778 bits per heavy atom. The lowest BCUT2D eigenvalue weighted by Gasteiger charge is -2.13. The summed E-state index contributed by atoms with van der Waals surface area (Å²) in [7, 11) is 0. The highest BCUT2D eigenvalue weighted by Crippen LogP contribution is 2.27. The zero-order valence-corrected chi connectivity index (χ0v) is 20.3. The van der Waals surface area contributed by atoms with Gasteiger partial charge in [0.05, 0.1) is 0 Å². The summed E-state index contributed by atoms with van der Waals surface area (Å²) in [4.78, 5) is 11.3. The Hall–Kier alpha value is -4.15. The first-order valence-electron chi connectivity index (χ1n) is 12.1. The molecule has 4 aromatic rings. The molecular weight excluding hydrogens is 448 g/mol. The van der Waals surface area contributed by atoms with Gasteiger partial charge in [-0.15, -0.1) is 0 Å². The average molecular weight is 479 g/mol. The predicted octanol–water partition coefficient (Wildman–Crippen LogP) is 6.90. The van der Waals surface area contributed by atoms with Crippen molar-refractivity contribution in [1.29, 1.82) is 0 Å². The SMILES string of the molecule is CCO[C@@H](Cc1ccc(OC/C=C(\c2ccccc2)c2ccc(-c3ccccc3)cc2)cc1)C(=O)O. The summed E-state index contributed by atoms with van der Waals surface area (Å²) < 4.78 is 11.3. The third-order valence-electron chi connectivity index (χ3n) is 5.91. The Bertz CT molecular complexity index is 1260. The Kier molecular flexibility index (Phi) is 8.68. The molecule has 0 bridgehead atoms. The van der Waals surface area contributed by atoms with Gasteiger partial charge in [0.15, 0.2) is 6.10 Å². The number of carboxylic acid groups (broad SMARTS) is 1. The maximum Gasteiger partial charge on any atom is 0.333 e. The van der Waals surface area contributed by atoms with E-state index in [0.717, 1.165) is 28.0 Å². The topological polar surface area (TPSA) is 55.8 Å². The summed E-state index contributed by atoms with van der Waals surface area (Å²) in [6, 6.07) is 36.7.